The van der Waals surface area contributed by atoms with Gasteiger partial charge in [0.25, 0.3) is 5.79 Å². The third kappa shape index (κ3) is 1.22. The summed E-state index contributed by atoms with van der Waals surface area (Å²) >= 11 is 0. The molecule has 102 valence electrons. The molecule has 1 aliphatic heterocycles. The topological polar surface area (TPSA) is 78.9 Å². The predicted octanol–water partition coefficient (Wildman–Crippen LogP) is 0.0663. The fraction of sp³-hybridized carbons (Fsp3) is 0.615. The van der Waals surface area contributed by atoms with Gasteiger partial charge in [0.15, 0.2) is 0 Å². The van der Waals surface area contributed by atoms with Crippen molar-refractivity contribution in [1.29, 1.82) is 0 Å². The summed E-state index contributed by atoms with van der Waals surface area (Å²) in [6.45, 7) is 1.82. The lowest BCUT2D eigenvalue weighted by molar-refractivity contribution is -0.219. The molecule has 0 N–H and O–H groups in total. The Morgan fingerprint density at radius 3 is 2.63 bits per heavy atom. The number of allylic oxidation sites excluding steroid dienone is 1. The van der Waals surface area contributed by atoms with Gasteiger partial charge in [-0.1, -0.05) is 13.0 Å². The Morgan fingerprint density at radius 1 is 1.37 bits per heavy atom. The largest absolute Gasteiger partial charge is 0.466 e. The molecule has 0 aromatic heterocycles. The number of hydrogen-bond donors (Lipinski definition) is 0. The Labute approximate surface area is 109 Å². The zero-order chi connectivity index (χ0) is 13.9. The van der Waals surface area contributed by atoms with Crippen molar-refractivity contribution < 1.29 is 28.6 Å². The van der Waals surface area contributed by atoms with Gasteiger partial charge < -0.3 is 14.2 Å². The molecule has 3 aliphatic carbocycles. The van der Waals surface area contributed by atoms with Crippen LogP contribution in [0.4, 0.5) is 0 Å². The molecule has 1 heterocycles. The van der Waals surface area contributed by atoms with E-state index in [1.54, 1.807) is 6.08 Å². The van der Waals surface area contributed by atoms with Crippen molar-refractivity contribution in [1.82, 2.24) is 0 Å². The van der Waals surface area contributed by atoms with Gasteiger partial charge >= 0.3 is 11.9 Å². The molecular formula is C13H14O6. The molecule has 19 heavy (non-hydrogen) atoms. The minimum absolute atomic E-state index is 0.191. The van der Waals surface area contributed by atoms with Crippen LogP contribution in [0.25, 0.3) is 0 Å². The van der Waals surface area contributed by atoms with Gasteiger partial charge in [0, 0.05) is 18.6 Å². The Balaban J connectivity index is 2.20. The molecule has 6 heteroatoms. The van der Waals surface area contributed by atoms with E-state index in [9.17, 15) is 14.4 Å². The average molecular weight is 266 g/mol. The van der Waals surface area contributed by atoms with Crippen LogP contribution in [0.3, 0.4) is 0 Å². The first kappa shape index (κ1) is 12.3. The molecule has 4 bridgehead atoms. The van der Waals surface area contributed by atoms with Gasteiger partial charge in [0.1, 0.15) is 0 Å². The molecule has 0 radical (unpaired) electrons. The van der Waals surface area contributed by atoms with Crippen LogP contribution in [0.15, 0.2) is 11.6 Å². The predicted molar refractivity (Wildman–Crippen MR) is 60.6 cm³/mol. The van der Waals surface area contributed by atoms with Gasteiger partial charge in [-0.25, -0.2) is 4.79 Å². The van der Waals surface area contributed by atoms with Crippen molar-refractivity contribution >= 4 is 17.7 Å². The van der Waals surface area contributed by atoms with E-state index >= 15 is 0 Å². The summed E-state index contributed by atoms with van der Waals surface area (Å²) in [5.41, 5.74) is 0.308. The lowest BCUT2D eigenvalue weighted by Gasteiger charge is -2.45. The van der Waals surface area contributed by atoms with Crippen LogP contribution >= 0.6 is 0 Å². The molecule has 1 saturated heterocycles. The summed E-state index contributed by atoms with van der Waals surface area (Å²) in [6.07, 6.45) is 1.60. The van der Waals surface area contributed by atoms with E-state index in [2.05, 4.69) is 0 Å². The number of esters is 2. The van der Waals surface area contributed by atoms with Gasteiger partial charge in [-0.15, -0.1) is 0 Å². The maximum atomic E-state index is 12.4. The van der Waals surface area contributed by atoms with Crippen LogP contribution in [-0.2, 0) is 28.6 Å². The van der Waals surface area contributed by atoms with E-state index in [1.165, 1.54) is 14.2 Å². The summed E-state index contributed by atoms with van der Waals surface area (Å²) in [5, 5.41) is 0. The van der Waals surface area contributed by atoms with Crippen LogP contribution in [0, 0.1) is 23.7 Å². The molecule has 4 aliphatic rings. The molecule has 0 aromatic carbocycles. The Kier molecular flexibility index (Phi) is 2.38. The van der Waals surface area contributed by atoms with Crippen LogP contribution in [0.5, 0.6) is 0 Å². The zero-order valence-corrected chi connectivity index (χ0v) is 10.8. The van der Waals surface area contributed by atoms with Crippen molar-refractivity contribution in [2.45, 2.75) is 12.7 Å². The maximum Gasteiger partial charge on any atom is 0.334 e. The fourth-order valence-corrected chi connectivity index (χ4v) is 3.57. The second-order valence-electron chi connectivity index (χ2n) is 5.16. The van der Waals surface area contributed by atoms with Gasteiger partial charge in [-0.3, -0.25) is 9.59 Å². The lowest BCUT2D eigenvalue weighted by atomic mass is 9.58. The zero-order valence-electron chi connectivity index (χ0n) is 10.8. The summed E-state index contributed by atoms with van der Waals surface area (Å²) in [7, 11) is 2.58. The number of methoxy groups -OCH3 is 2. The SMILES string of the molecule is COC(=O)C1=C[C@H]2C(=O)[C@]3(OC)OC(=O)[C@H]([C@H]2C)[C@H]13. The number of hydrogen-bond acceptors (Lipinski definition) is 6. The highest BCUT2D eigenvalue weighted by molar-refractivity contribution is 6.05. The highest BCUT2D eigenvalue weighted by atomic mass is 16.7. The van der Waals surface area contributed by atoms with E-state index in [4.69, 9.17) is 14.2 Å². The van der Waals surface area contributed by atoms with Crippen LogP contribution in [0.1, 0.15) is 6.92 Å². The van der Waals surface area contributed by atoms with E-state index < -0.39 is 35.5 Å². The highest BCUT2D eigenvalue weighted by Crippen LogP contribution is 2.57. The second kappa shape index (κ2) is 3.66. The monoisotopic (exact) mass is 266 g/mol. The average Bonchev–Trinajstić information content (AvgIpc) is 2.70. The molecule has 0 unspecified atom stereocenters. The van der Waals surface area contributed by atoms with E-state index in [1.807, 2.05) is 6.92 Å². The van der Waals surface area contributed by atoms with Crippen molar-refractivity contribution in [2.75, 3.05) is 14.2 Å². The van der Waals surface area contributed by atoms with Gasteiger partial charge in [0.2, 0.25) is 5.78 Å². The molecule has 4 rings (SSSR count). The molecule has 2 fully saturated rings. The first-order chi connectivity index (χ1) is 8.97. The molecular weight excluding hydrogens is 252 g/mol. The van der Waals surface area contributed by atoms with E-state index in [-0.39, 0.29) is 11.7 Å². The third-order valence-electron chi connectivity index (χ3n) is 4.49. The van der Waals surface area contributed by atoms with Gasteiger partial charge in [-0.2, -0.15) is 0 Å². The maximum absolute atomic E-state index is 12.4. The minimum Gasteiger partial charge on any atom is -0.466 e. The summed E-state index contributed by atoms with van der Waals surface area (Å²) in [4.78, 5) is 36.2. The standard InChI is InChI=1S/C13H14O6/c1-5-6-4-7(11(15)17-2)9-8(5)12(16)19-13(9,18-3)10(6)14/h4-6,8-9H,1-3H3/t5-,6+,8+,9-,13+/m0/s1. The molecule has 0 spiro atoms. The van der Waals surface area contributed by atoms with Crippen LogP contribution < -0.4 is 0 Å². The molecule has 6 nitrogen and oxygen atoms in total. The number of ether oxygens (including phenoxy) is 3. The molecule has 0 amide bonds. The van der Waals surface area contributed by atoms with Crippen molar-refractivity contribution in [3.8, 4) is 0 Å². The molecule has 0 aromatic rings. The number of Topliss-reactive ketones (excluding diaryl/α,β-unsaturated/α-hetero) is 1. The summed E-state index contributed by atoms with van der Waals surface area (Å²) < 4.78 is 15.1. The van der Waals surface area contributed by atoms with E-state index in [0.29, 0.717) is 5.57 Å². The van der Waals surface area contributed by atoms with Gasteiger partial charge in [-0.05, 0) is 5.92 Å². The second-order valence-corrected chi connectivity index (χ2v) is 5.16. The lowest BCUT2D eigenvalue weighted by Crippen LogP contribution is -2.59. The van der Waals surface area contributed by atoms with Crippen LogP contribution in [-0.4, -0.2) is 37.7 Å². The third-order valence-corrected chi connectivity index (χ3v) is 4.49. The van der Waals surface area contributed by atoms with Crippen LogP contribution in [0.2, 0.25) is 0 Å². The van der Waals surface area contributed by atoms with Crippen molar-refractivity contribution in [3.63, 3.8) is 0 Å². The first-order valence-corrected chi connectivity index (χ1v) is 6.10. The number of ketones is 1. The number of carbonyl (C=O) groups excluding carboxylic acids is 3. The van der Waals surface area contributed by atoms with E-state index in [0.717, 1.165) is 0 Å². The summed E-state index contributed by atoms with van der Waals surface area (Å²) in [6, 6.07) is 0. The highest BCUT2D eigenvalue weighted by Gasteiger charge is 2.72. The number of carbonyl (C=O) groups is 3. The van der Waals surface area contributed by atoms with Crippen molar-refractivity contribution in [3.05, 3.63) is 11.6 Å². The quantitative estimate of drug-likeness (QED) is 0.658. The Hall–Kier alpha value is -1.69. The normalized spacial score (nSPS) is 43.0. The van der Waals surface area contributed by atoms with Crippen molar-refractivity contribution in [2.24, 2.45) is 23.7 Å². The first-order valence-electron chi connectivity index (χ1n) is 6.10. The smallest absolute Gasteiger partial charge is 0.334 e. The molecule has 5 atom stereocenters. The summed E-state index contributed by atoms with van der Waals surface area (Å²) in [5.74, 6) is -4.92. The molecule has 1 saturated carbocycles. The minimum atomic E-state index is -1.64. The fourth-order valence-electron chi connectivity index (χ4n) is 3.57. The Bertz CT molecular complexity index is 521. The number of rotatable bonds is 2. The van der Waals surface area contributed by atoms with Gasteiger partial charge in [0.05, 0.1) is 18.9 Å². The Morgan fingerprint density at radius 2 is 2.05 bits per heavy atom.